The number of fused-ring (bicyclic) bond motifs is 1. The minimum atomic E-state index is 0.522. The molecule has 0 aliphatic carbocycles. The van der Waals surface area contributed by atoms with E-state index in [0.29, 0.717) is 6.04 Å². The minimum Gasteiger partial charge on any atom is -0.357 e. The third-order valence-corrected chi connectivity index (χ3v) is 2.85. The van der Waals surface area contributed by atoms with E-state index < -0.39 is 0 Å². The number of aryl methyl sites for hydroxylation is 2. The van der Waals surface area contributed by atoms with E-state index in [4.69, 9.17) is 0 Å². The lowest BCUT2D eigenvalue weighted by Gasteiger charge is -2.05. The molecule has 0 spiro atoms. The van der Waals surface area contributed by atoms with Gasteiger partial charge in [0.2, 0.25) is 0 Å². The second-order valence-electron chi connectivity index (χ2n) is 4.87. The predicted octanol–water partition coefficient (Wildman–Crippen LogP) is 3.28. The van der Waals surface area contributed by atoms with E-state index in [1.54, 1.807) is 0 Å². The summed E-state index contributed by atoms with van der Waals surface area (Å²) in [4.78, 5) is 3.47. The summed E-state index contributed by atoms with van der Waals surface area (Å²) in [5.41, 5.74) is 5.17. The minimum absolute atomic E-state index is 0.522. The lowest BCUT2D eigenvalue weighted by Crippen LogP contribution is -2.21. The van der Waals surface area contributed by atoms with Crippen molar-refractivity contribution in [3.05, 3.63) is 35.0 Å². The van der Waals surface area contributed by atoms with Gasteiger partial charge in [-0.05, 0) is 37.1 Å². The molecule has 0 amide bonds. The van der Waals surface area contributed by atoms with Crippen LogP contribution < -0.4 is 5.32 Å². The molecule has 86 valence electrons. The fourth-order valence-corrected chi connectivity index (χ4v) is 2.07. The van der Waals surface area contributed by atoms with Gasteiger partial charge in [0.05, 0.1) is 0 Å². The van der Waals surface area contributed by atoms with Gasteiger partial charge in [-0.3, -0.25) is 0 Å². The maximum atomic E-state index is 3.47. The van der Waals surface area contributed by atoms with Crippen LogP contribution in [0.3, 0.4) is 0 Å². The summed E-state index contributed by atoms with van der Waals surface area (Å²) in [5.74, 6) is 0. The number of aromatic amines is 1. The van der Waals surface area contributed by atoms with Crippen molar-refractivity contribution in [3.63, 3.8) is 0 Å². The van der Waals surface area contributed by atoms with E-state index in [0.717, 1.165) is 6.54 Å². The van der Waals surface area contributed by atoms with E-state index in [-0.39, 0.29) is 0 Å². The summed E-state index contributed by atoms with van der Waals surface area (Å²) in [5, 5.41) is 4.76. The van der Waals surface area contributed by atoms with Crippen LogP contribution in [0.2, 0.25) is 0 Å². The average molecular weight is 216 g/mol. The second-order valence-corrected chi connectivity index (χ2v) is 4.87. The Morgan fingerprint density at radius 3 is 2.62 bits per heavy atom. The van der Waals surface area contributed by atoms with E-state index >= 15 is 0 Å². The Hall–Kier alpha value is -1.28. The van der Waals surface area contributed by atoms with Crippen LogP contribution in [0.1, 0.15) is 30.7 Å². The molecule has 2 nitrogen and oxygen atoms in total. The number of rotatable bonds is 3. The number of hydrogen-bond donors (Lipinski definition) is 2. The highest BCUT2D eigenvalue weighted by molar-refractivity contribution is 5.84. The zero-order valence-corrected chi connectivity index (χ0v) is 10.5. The molecular formula is C14H20N2. The van der Waals surface area contributed by atoms with Gasteiger partial charge < -0.3 is 10.3 Å². The number of H-pyrrole nitrogens is 1. The molecule has 1 aromatic carbocycles. The fraction of sp³-hybridized carbons (Fsp3) is 0.429. The molecule has 2 heteroatoms. The molecule has 1 heterocycles. The van der Waals surface area contributed by atoms with Crippen LogP contribution in [0.15, 0.2) is 18.2 Å². The van der Waals surface area contributed by atoms with E-state index in [1.165, 1.54) is 27.7 Å². The van der Waals surface area contributed by atoms with E-state index in [9.17, 15) is 0 Å². The van der Waals surface area contributed by atoms with E-state index in [2.05, 4.69) is 56.2 Å². The van der Waals surface area contributed by atoms with Crippen molar-refractivity contribution in [2.24, 2.45) is 0 Å². The van der Waals surface area contributed by atoms with Gasteiger partial charge in [0, 0.05) is 29.2 Å². The van der Waals surface area contributed by atoms with Crippen molar-refractivity contribution < 1.29 is 0 Å². The molecule has 0 fully saturated rings. The van der Waals surface area contributed by atoms with Crippen molar-refractivity contribution in [1.29, 1.82) is 0 Å². The zero-order chi connectivity index (χ0) is 11.7. The molecule has 0 saturated heterocycles. The van der Waals surface area contributed by atoms with Crippen LogP contribution >= 0.6 is 0 Å². The number of hydrogen-bond acceptors (Lipinski definition) is 1. The van der Waals surface area contributed by atoms with Gasteiger partial charge in [0.25, 0.3) is 0 Å². The van der Waals surface area contributed by atoms with Crippen LogP contribution in [0.5, 0.6) is 0 Å². The molecule has 0 unspecified atom stereocenters. The van der Waals surface area contributed by atoms with Crippen molar-refractivity contribution in [2.75, 3.05) is 0 Å². The quantitative estimate of drug-likeness (QED) is 0.809. The SMILES string of the molecule is Cc1cc(C)c2cc(CNC(C)C)[nH]c2c1. The first-order valence-electron chi connectivity index (χ1n) is 5.88. The highest BCUT2D eigenvalue weighted by Gasteiger charge is 2.04. The summed E-state index contributed by atoms with van der Waals surface area (Å²) in [6.07, 6.45) is 0. The van der Waals surface area contributed by atoms with Gasteiger partial charge in [-0.15, -0.1) is 0 Å². The summed E-state index contributed by atoms with van der Waals surface area (Å²) in [6.45, 7) is 9.54. The predicted molar refractivity (Wildman–Crippen MR) is 69.7 cm³/mol. The molecule has 2 aromatic rings. The molecule has 1 aromatic heterocycles. The smallest absolute Gasteiger partial charge is 0.0461 e. The number of benzene rings is 1. The Bertz CT molecular complexity index is 495. The second kappa shape index (κ2) is 4.30. The number of aromatic nitrogens is 1. The highest BCUT2D eigenvalue weighted by Crippen LogP contribution is 2.21. The standard InChI is InChI=1S/C14H20N2/c1-9(2)15-8-12-7-13-11(4)5-10(3)6-14(13)16-12/h5-7,9,15-16H,8H2,1-4H3. The highest BCUT2D eigenvalue weighted by atomic mass is 14.9. The Morgan fingerprint density at radius 1 is 1.19 bits per heavy atom. The van der Waals surface area contributed by atoms with Crippen LogP contribution in [-0.2, 0) is 6.54 Å². The monoisotopic (exact) mass is 216 g/mol. The zero-order valence-electron chi connectivity index (χ0n) is 10.5. The molecule has 0 atom stereocenters. The molecule has 2 rings (SSSR count). The topological polar surface area (TPSA) is 27.8 Å². The molecule has 0 radical (unpaired) electrons. The normalized spacial score (nSPS) is 11.6. The van der Waals surface area contributed by atoms with Gasteiger partial charge in [-0.25, -0.2) is 0 Å². The lowest BCUT2D eigenvalue weighted by molar-refractivity contribution is 0.583. The van der Waals surface area contributed by atoms with Crippen LogP contribution in [0.4, 0.5) is 0 Å². The summed E-state index contributed by atoms with van der Waals surface area (Å²) in [6, 6.07) is 7.21. The first-order chi connectivity index (χ1) is 7.56. The van der Waals surface area contributed by atoms with E-state index in [1.807, 2.05) is 0 Å². The van der Waals surface area contributed by atoms with Crippen molar-refractivity contribution in [1.82, 2.24) is 10.3 Å². The first kappa shape index (κ1) is 11.2. The number of nitrogens with one attached hydrogen (secondary N) is 2. The third kappa shape index (κ3) is 2.27. The van der Waals surface area contributed by atoms with Crippen LogP contribution in [0.25, 0.3) is 10.9 Å². The molecule has 0 bridgehead atoms. The lowest BCUT2D eigenvalue weighted by atomic mass is 10.1. The average Bonchev–Trinajstić information content (AvgIpc) is 2.57. The molecule has 0 saturated carbocycles. The first-order valence-corrected chi connectivity index (χ1v) is 5.88. The van der Waals surface area contributed by atoms with Crippen molar-refractivity contribution >= 4 is 10.9 Å². The summed E-state index contributed by atoms with van der Waals surface area (Å²) < 4.78 is 0. The molecule has 2 N–H and O–H groups in total. The summed E-state index contributed by atoms with van der Waals surface area (Å²) in [7, 11) is 0. The maximum absolute atomic E-state index is 3.47. The molecule has 0 aliphatic rings. The van der Waals surface area contributed by atoms with Crippen LogP contribution in [-0.4, -0.2) is 11.0 Å². The van der Waals surface area contributed by atoms with Gasteiger partial charge in [0.1, 0.15) is 0 Å². The van der Waals surface area contributed by atoms with Gasteiger partial charge in [-0.2, -0.15) is 0 Å². The Labute approximate surface area is 97.1 Å². The summed E-state index contributed by atoms with van der Waals surface area (Å²) >= 11 is 0. The molecule has 0 aliphatic heterocycles. The van der Waals surface area contributed by atoms with Gasteiger partial charge >= 0.3 is 0 Å². The maximum Gasteiger partial charge on any atom is 0.0461 e. The largest absolute Gasteiger partial charge is 0.357 e. The third-order valence-electron chi connectivity index (χ3n) is 2.85. The fourth-order valence-electron chi connectivity index (χ4n) is 2.07. The Balaban J connectivity index is 2.33. The van der Waals surface area contributed by atoms with Crippen molar-refractivity contribution in [2.45, 2.75) is 40.3 Å². The van der Waals surface area contributed by atoms with Gasteiger partial charge in [0.15, 0.2) is 0 Å². The Kier molecular flexibility index (Phi) is 3.01. The van der Waals surface area contributed by atoms with Crippen molar-refractivity contribution in [3.8, 4) is 0 Å². The van der Waals surface area contributed by atoms with Crippen LogP contribution in [0, 0.1) is 13.8 Å². The Morgan fingerprint density at radius 2 is 1.94 bits per heavy atom. The molecule has 16 heavy (non-hydrogen) atoms. The molecular weight excluding hydrogens is 196 g/mol. The van der Waals surface area contributed by atoms with Gasteiger partial charge in [-0.1, -0.05) is 19.9 Å².